The van der Waals surface area contributed by atoms with Crippen LogP contribution >= 0.6 is 22.6 Å². The molecule has 0 bridgehead atoms. The number of ether oxygens (including phenoxy) is 2. The summed E-state index contributed by atoms with van der Waals surface area (Å²) in [5.74, 6) is 3.44. The number of fused-ring (bicyclic) bond motifs is 5. The Hall–Kier alpha value is -0.620. The van der Waals surface area contributed by atoms with Crippen LogP contribution in [0.2, 0.25) is 0 Å². The van der Waals surface area contributed by atoms with E-state index in [0.29, 0.717) is 36.8 Å². The van der Waals surface area contributed by atoms with Crippen molar-refractivity contribution >= 4 is 28.4 Å². The van der Waals surface area contributed by atoms with Crippen LogP contribution in [0, 0.1) is 20.8 Å². The maximum Gasteiger partial charge on any atom is 0.139 e. The number of rotatable bonds is 4. The fraction of sp³-hybridized carbons (Fsp3) is 0.667. The van der Waals surface area contributed by atoms with Crippen molar-refractivity contribution < 1.29 is 14.3 Å². The molecule has 4 atom stereocenters. The molecule has 4 heteroatoms. The number of carbonyl (C=O) groups excluding carboxylic acids is 1. The van der Waals surface area contributed by atoms with Crippen molar-refractivity contribution in [1.82, 2.24) is 0 Å². The Morgan fingerprint density at radius 3 is 2.84 bits per heavy atom. The summed E-state index contributed by atoms with van der Waals surface area (Å²) in [5, 5.41) is 0. The molecule has 3 aliphatic rings. The van der Waals surface area contributed by atoms with Crippen molar-refractivity contribution in [2.75, 3.05) is 20.3 Å². The quantitative estimate of drug-likeness (QED) is 0.487. The molecule has 25 heavy (non-hydrogen) atoms. The topological polar surface area (TPSA) is 35.5 Å². The molecule has 0 spiro atoms. The third kappa shape index (κ3) is 2.93. The lowest BCUT2D eigenvalue weighted by Gasteiger charge is -2.48. The molecule has 0 amide bonds. The van der Waals surface area contributed by atoms with Crippen molar-refractivity contribution in [2.24, 2.45) is 17.3 Å². The highest BCUT2D eigenvalue weighted by Crippen LogP contribution is 2.59. The smallest absolute Gasteiger partial charge is 0.139 e. The Labute approximate surface area is 164 Å². The number of hydrogen-bond acceptors (Lipinski definition) is 3. The minimum atomic E-state index is -0.0327. The van der Waals surface area contributed by atoms with Crippen LogP contribution in [0.3, 0.4) is 0 Å². The lowest BCUT2D eigenvalue weighted by molar-refractivity contribution is -0.129. The van der Waals surface area contributed by atoms with Crippen molar-refractivity contribution in [3.63, 3.8) is 0 Å². The second kappa shape index (κ2) is 6.84. The molecule has 0 N–H and O–H groups in total. The van der Waals surface area contributed by atoms with E-state index in [1.54, 1.807) is 7.11 Å². The van der Waals surface area contributed by atoms with Gasteiger partial charge in [0.2, 0.25) is 0 Å². The van der Waals surface area contributed by atoms with Crippen molar-refractivity contribution in [3.8, 4) is 5.75 Å². The molecular formula is C21H27IO3. The molecule has 4 rings (SSSR count). The molecule has 0 radical (unpaired) electrons. The summed E-state index contributed by atoms with van der Waals surface area (Å²) in [6.07, 6.45) is 6.50. The molecule has 1 aromatic rings. The predicted octanol–water partition coefficient (Wildman–Crippen LogP) is 4.74. The van der Waals surface area contributed by atoms with Gasteiger partial charge in [0.1, 0.15) is 18.1 Å². The van der Waals surface area contributed by atoms with E-state index in [0.717, 1.165) is 37.9 Å². The number of hydrogen-bond donors (Lipinski definition) is 0. The summed E-state index contributed by atoms with van der Waals surface area (Å²) < 4.78 is 12.2. The minimum Gasteiger partial charge on any atom is -0.490 e. The molecule has 2 saturated carbocycles. The first-order valence-corrected chi connectivity index (χ1v) is 10.6. The molecule has 2 fully saturated rings. The highest BCUT2D eigenvalue weighted by molar-refractivity contribution is 14.1. The summed E-state index contributed by atoms with van der Waals surface area (Å²) in [5.41, 5.74) is 2.96. The number of methoxy groups -OCH3 is 1. The van der Waals surface area contributed by atoms with E-state index < -0.39 is 0 Å². The Kier molecular flexibility index (Phi) is 4.86. The molecule has 136 valence electrons. The Bertz CT molecular complexity index is 686. The zero-order chi connectivity index (χ0) is 17.6. The average Bonchev–Trinajstić information content (AvgIpc) is 2.91. The minimum absolute atomic E-state index is 0.0327. The summed E-state index contributed by atoms with van der Waals surface area (Å²) in [4.78, 5) is 12.4. The van der Waals surface area contributed by atoms with Gasteiger partial charge in [0.25, 0.3) is 0 Å². The fourth-order valence-corrected chi connectivity index (χ4v) is 6.33. The van der Waals surface area contributed by atoms with Gasteiger partial charge in [0.05, 0.1) is 10.2 Å². The third-order valence-corrected chi connectivity index (χ3v) is 7.87. The van der Waals surface area contributed by atoms with Gasteiger partial charge in [-0.05, 0) is 95.7 Å². The van der Waals surface area contributed by atoms with Gasteiger partial charge in [-0.3, -0.25) is 4.79 Å². The summed E-state index contributed by atoms with van der Waals surface area (Å²) >= 11 is 2.40. The predicted molar refractivity (Wildman–Crippen MR) is 106 cm³/mol. The number of halogens is 1. The van der Waals surface area contributed by atoms with Crippen molar-refractivity contribution in [1.29, 1.82) is 0 Å². The van der Waals surface area contributed by atoms with Crippen molar-refractivity contribution in [2.45, 2.75) is 51.4 Å². The number of ketones is 1. The van der Waals surface area contributed by atoms with Gasteiger partial charge >= 0.3 is 0 Å². The standard InChI is InChI=1S/C21H27IO3/c1-21-8-7-14-15(17(21)5-6-20(21)23)4-3-13-11-19(25-10-9-24-2)18(22)12-16(13)14/h11-12,14-15,17H,3-10H2,1-2H3. The second-order valence-corrected chi connectivity index (χ2v) is 9.32. The van der Waals surface area contributed by atoms with E-state index in [9.17, 15) is 4.79 Å². The van der Waals surface area contributed by atoms with Crippen LogP contribution in [0.15, 0.2) is 12.1 Å². The average molecular weight is 454 g/mol. The van der Waals surface area contributed by atoms with Crippen LogP contribution in [0.25, 0.3) is 0 Å². The van der Waals surface area contributed by atoms with E-state index in [-0.39, 0.29) is 5.41 Å². The maximum absolute atomic E-state index is 12.4. The number of benzene rings is 1. The first-order chi connectivity index (χ1) is 12.0. The highest BCUT2D eigenvalue weighted by atomic mass is 127. The van der Waals surface area contributed by atoms with E-state index in [2.05, 4.69) is 41.6 Å². The lowest BCUT2D eigenvalue weighted by Crippen LogP contribution is -2.42. The van der Waals surface area contributed by atoms with Crippen LogP contribution in [-0.2, 0) is 16.0 Å². The Balaban J connectivity index is 1.60. The van der Waals surface area contributed by atoms with Crippen LogP contribution in [0.4, 0.5) is 0 Å². The van der Waals surface area contributed by atoms with Crippen LogP contribution in [0.5, 0.6) is 5.75 Å². The molecule has 0 aliphatic heterocycles. The second-order valence-electron chi connectivity index (χ2n) is 8.16. The van der Waals surface area contributed by atoms with E-state index in [4.69, 9.17) is 9.47 Å². The van der Waals surface area contributed by atoms with Crippen LogP contribution in [-0.4, -0.2) is 26.1 Å². The number of aryl methyl sites for hydroxylation is 1. The van der Waals surface area contributed by atoms with Gasteiger partial charge in [-0.2, -0.15) is 0 Å². The SMILES string of the molecule is COCCOc1cc2c(cc1I)C1CCC3(C)C(=O)CCC3C1CC2. The van der Waals surface area contributed by atoms with Gasteiger partial charge in [-0.25, -0.2) is 0 Å². The largest absolute Gasteiger partial charge is 0.490 e. The normalized spacial score (nSPS) is 33.6. The molecule has 4 unspecified atom stereocenters. The van der Waals surface area contributed by atoms with E-state index in [1.165, 1.54) is 21.1 Å². The Morgan fingerprint density at radius 1 is 1.20 bits per heavy atom. The molecule has 3 nitrogen and oxygen atoms in total. The number of Topliss-reactive ketones (excluding diaryl/α,β-unsaturated/α-hetero) is 1. The summed E-state index contributed by atoms with van der Waals surface area (Å²) in [6.45, 7) is 3.46. The van der Waals surface area contributed by atoms with Crippen LogP contribution < -0.4 is 4.74 Å². The van der Waals surface area contributed by atoms with Gasteiger partial charge < -0.3 is 9.47 Å². The van der Waals surface area contributed by atoms with E-state index in [1.807, 2.05) is 0 Å². The lowest BCUT2D eigenvalue weighted by atomic mass is 9.55. The first-order valence-electron chi connectivity index (χ1n) is 9.52. The highest BCUT2D eigenvalue weighted by Gasteiger charge is 2.54. The van der Waals surface area contributed by atoms with E-state index >= 15 is 0 Å². The van der Waals surface area contributed by atoms with Gasteiger partial charge in [0.15, 0.2) is 0 Å². The molecule has 0 saturated heterocycles. The number of carbonyl (C=O) groups is 1. The zero-order valence-corrected chi connectivity index (χ0v) is 17.3. The third-order valence-electron chi connectivity index (χ3n) is 7.03. The molecule has 0 aromatic heterocycles. The first kappa shape index (κ1) is 17.8. The molecule has 3 aliphatic carbocycles. The van der Waals surface area contributed by atoms with Gasteiger partial charge in [-0.15, -0.1) is 0 Å². The summed E-state index contributed by atoms with van der Waals surface area (Å²) in [6, 6.07) is 4.62. The monoisotopic (exact) mass is 454 g/mol. The van der Waals surface area contributed by atoms with Gasteiger partial charge in [-0.1, -0.05) is 6.92 Å². The molecule has 1 aromatic carbocycles. The van der Waals surface area contributed by atoms with Gasteiger partial charge in [0, 0.05) is 18.9 Å². The molecule has 0 heterocycles. The fourth-order valence-electron chi connectivity index (χ4n) is 5.69. The summed E-state index contributed by atoms with van der Waals surface area (Å²) in [7, 11) is 1.70. The van der Waals surface area contributed by atoms with Crippen LogP contribution in [0.1, 0.15) is 56.1 Å². The molecular weight excluding hydrogens is 427 g/mol. The maximum atomic E-state index is 12.4. The van der Waals surface area contributed by atoms with Crippen molar-refractivity contribution in [3.05, 3.63) is 26.8 Å². The Morgan fingerprint density at radius 2 is 2.04 bits per heavy atom. The zero-order valence-electron chi connectivity index (χ0n) is 15.1.